The fourth-order valence-electron chi connectivity index (χ4n) is 2.77. The monoisotopic (exact) mass is 342 g/mol. The van der Waals surface area contributed by atoms with Crippen molar-refractivity contribution in [1.82, 2.24) is 5.32 Å². The van der Waals surface area contributed by atoms with Crippen LogP contribution in [0.5, 0.6) is 5.75 Å². The average Bonchev–Trinajstić information content (AvgIpc) is 2.54. The fourth-order valence-corrected chi connectivity index (χ4v) is 3.07. The molecule has 0 aliphatic carbocycles. The SMILES string of the molecule is COc1cc(C)c(C(C)NC(=S)Nc2ccccc2)cc1C(C)C. The molecule has 0 aliphatic heterocycles. The number of para-hydroxylation sites is 1. The maximum Gasteiger partial charge on any atom is 0.171 e. The van der Waals surface area contributed by atoms with E-state index in [4.69, 9.17) is 17.0 Å². The lowest BCUT2D eigenvalue weighted by Crippen LogP contribution is -2.31. The molecule has 0 bridgehead atoms. The van der Waals surface area contributed by atoms with E-state index >= 15 is 0 Å². The summed E-state index contributed by atoms with van der Waals surface area (Å²) in [5.74, 6) is 1.35. The molecule has 2 aromatic carbocycles. The van der Waals surface area contributed by atoms with Crippen LogP contribution >= 0.6 is 12.2 Å². The third-order valence-electron chi connectivity index (χ3n) is 4.09. The first-order valence-corrected chi connectivity index (χ1v) is 8.64. The van der Waals surface area contributed by atoms with Crippen LogP contribution in [0.15, 0.2) is 42.5 Å². The van der Waals surface area contributed by atoms with Crippen LogP contribution in [0.4, 0.5) is 5.69 Å². The molecule has 3 nitrogen and oxygen atoms in total. The van der Waals surface area contributed by atoms with E-state index in [2.05, 4.69) is 50.5 Å². The first kappa shape index (κ1) is 18.3. The number of methoxy groups -OCH3 is 1. The molecule has 0 amide bonds. The molecule has 24 heavy (non-hydrogen) atoms. The normalized spacial score (nSPS) is 11.9. The fraction of sp³-hybridized carbons (Fsp3) is 0.350. The molecule has 2 N–H and O–H groups in total. The third kappa shape index (κ3) is 4.48. The highest BCUT2D eigenvalue weighted by Crippen LogP contribution is 2.32. The van der Waals surface area contributed by atoms with Crippen molar-refractivity contribution in [1.29, 1.82) is 0 Å². The molecule has 4 heteroatoms. The Labute approximate surface area is 150 Å². The summed E-state index contributed by atoms with van der Waals surface area (Å²) in [5, 5.41) is 7.21. The van der Waals surface area contributed by atoms with Crippen LogP contribution in [-0.2, 0) is 0 Å². The van der Waals surface area contributed by atoms with Gasteiger partial charge in [-0.2, -0.15) is 0 Å². The highest BCUT2D eigenvalue weighted by atomic mass is 32.1. The van der Waals surface area contributed by atoms with Gasteiger partial charge >= 0.3 is 0 Å². The molecule has 0 aromatic heterocycles. The molecular weight excluding hydrogens is 316 g/mol. The minimum Gasteiger partial charge on any atom is -0.496 e. The first-order chi connectivity index (χ1) is 11.4. The second kappa shape index (κ2) is 8.15. The van der Waals surface area contributed by atoms with E-state index in [0.717, 1.165) is 11.4 Å². The van der Waals surface area contributed by atoms with E-state index < -0.39 is 0 Å². The van der Waals surface area contributed by atoms with Crippen molar-refractivity contribution >= 4 is 23.0 Å². The molecule has 0 fully saturated rings. The summed E-state index contributed by atoms with van der Waals surface area (Å²) in [6.45, 7) is 8.58. The number of ether oxygens (including phenoxy) is 1. The zero-order chi connectivity index (χ0) is 17.7. The largest absolute Gasteiger partial charge is 0.496 e. The van der Waals surface area contributed by atoms with Crippen molar-refractivity contribution in [2.75, 3.05) is 12.4 Å². The van der Waals surface area contributed by atoms with Crippen LogP contribution in [-0.4, -0.2) is 12.2 Å². The van der Waals surface area contributed by atoms with E-state index in [0.29, 0.717) is 11.0 Å². The van der Waals surface area contributed by atoms with Crippen molar-refractivity contribution in [2.24, 2.45) is 0 Å². The standard InChI is InChI=1S/C20H26N2OS/c1-13(2)17-12-18(14(3)11-19(17)23-5)15(4)21-20(24)22-16-9-7-6-8-10-16/h6-13,15H,1-5H3,(H2,21,22,24). The summed E-state index contributed by atoms with van der Waals surface area (Å²) >= 11 is 5.44. The van der Waals surface area contributed by atoms with Gasteiger partial charge in [-0.1, -0.05) is 32.0 Å². The molecular formula is C20H26N2OS. The maximum atomic E-state index is 5.52. The highest BCUT2D eigenvalue weighted by Gasteiger charge is 2.15. The number of anilines is 1. The maximum absolute atomic E-state index is 5.52. The van der Waals surface area contributed by atoms with Gasteiger partial charge in [0.1, 0.15) is 5.75 Å². The van der Waals surface area contributed by atoms with E-state index in [9.17, 15) is 0 Å². The lowest BCUT2D eigenvalue weighted by atomic mass is 9.93. The zero-order valence-corrected chi connectivity index (χ0v) is 15.8. The molecule has 128 valence electrons. The van der Waals surface area contributed by atoms with Gasteiger partial charge in [0.25, 0.3) is 0 Å². The summed E-state index contributed by atoms with van der Waals surface area (Å²) in [7, 11) is 1.72. The van der Waals surface area contributed by atoms with Crippen LogP contribution in [0.1, 0.15) is 49.4 Å². The van der Waals surface area contributed by atoms with Crippen molar-refractivity contribution < 1.29 is 4.74 Å². The Bertz CT molecular complexity index is 698. The second-order valence-corrected chi connectivity index (χ2v) is 6.70. The zero-order valence-electron chi connectivity index (χ0n) is 15.0. The Hall–Kier alpha value is -2.07. The molecule has 1 unspecified atom stereocenters. The lowest BCUT2D eigenvalue weighted by Gasteiger charge is -2.22. The number of rotatable bonds is 5. The smallest absolute Gasteiger partial charge is 0.171 e. The summed E-state index contributed by atoms with van der Waals surface area (Å²) in [6, 6.07) is 14.4. The summed E-state index contributed by atoms with van der Waals surface area (Å²) < 4.78 is 5.52. The summed E-state index contributed by atoms with van der Waals surface area (Å²) in [4.78, 5) is 0. The molecule has 0 heterocycles. The van der Waals surface area contributed by atoms with Crippen molar-refractivity contribution in [2.45, 2.75) is 39.7 Å². The van der Waals surface area contributed by atoms with Gasteiger partial charge in [0.15, 0.2) is 5.11 Å². The molecule has 0 spiro atoms. The predicted molar refractivity (Wildman–Crippen MR) is 106 cm³/mol. The number of hydrogen-bond donors (Lipinski definition) is 2. The van der Waals surface area contributed by atoms with Gasteiger partial charge in [-0.05, 0) is 72.9 Å². The molecule has 1 atom stereocenters. The molecule has 2 aromatic rings. The van der Waals surface area contributed by atoms with Crippen molar-refractivity contribution in [3.63, 3.8) is 0 Å². The van der Waals surface area contributed by atoms with Crippen LogP contribution < -0.4 is 15.4 Å². The van der Waals surface area contributed by atoms with E-state index in [-0.39, 0.29) is 6.04 Å². The number of hydrogen-bond acceptors (Lipinski definition) is 2. The van der Waals surface area contributed by atoms with Crippen LogP contribution in [0.25, 0.3) is 0 Å². The number of aryl methyl sites for hydroxylation is 1. The van der Waals surface area contributed by atoms with Gasteiger partial charge in [-0.25, -0.2) is 0 Å². The Kier molecular flexibility index (Phi) is 6.21. The molecule has 2 rings (SSSR count). The second-order valence-electron chi connectivity index (χ2n) is 6.29. The quantitative estimate of drug-likeness (QED) is 0.734. The summed E-state index contributed by atoms with van der Waals surface area (Å²) in [6.07, 6.45) is 0. The lowest BCUT2D eigenvalue weighted by molar-refractivity contribution is 0.406. The van der Waals surface area contributed by atoms with Crippen LogP contribution in [0.3, 0.4) is 0 Å². The Balaban J connectivity index is 2.15. The Morgan fingerprint density at radius 3 is 2.29 bits per heavy atom. The Morgan fingerprint density at radius 1 is 1.04 bits per heavy atom. The molecule has 0 saturated carbocycles. The average molecular weight is 343 g/mol. The third-order valence-corrected chi connectivity index (χ3v) is 4.31. The van der Waals surface area contributed by atoms with Gasteiger partial charge in [-0.3, -0.25) is 0 Å². The topological polar surface area (TPSA) is 33.3 Å². The summed E-state index contributed by atoms with van der Waals surface area (Å²) in [5.41, 5.74) is 4.63. The van der Waals surface area contributed by atoms with Gasteiger partial charge in [0.05, 0.1) is 13.2 Å². The minimum absolute atomic E-state index is 0.108. The highest BCUT2D eigenvalue weighted by molar-refractivity contribution is 7.80. The predicted octanol–water partition coefficient (Wildman–Crippen LogP) is 5.17. The first-order valence-electron chi connectivity index (χ1n) is 8.23. The number of nitrogens with one attached hydrogen (secondary N) is 2. The van der Waals surface area contributed by atoms with Crippen LogP contribution in [0.2, 0.25) is 0 Å². The van der Waals surface area contributed by atoms with Crippen LogP contribution in [0, 0.1) is 6.92 Å². The van der Waals surface area contributed by atoms with Gasteiger partial charge < -0.3 is 15.4 Å². The van der Waals surface area contributed by atoms with E-state index in [1.807, 2.05) is 30.3 Å². The van der Waals surface area contributed by atoms with Gasteiger partial charge in [0, 0.05) is 5.69 Å². The molecule has 0 saturated heterocycles. The van der Waals surface area contributed by atoms with E-state index in [1.54, 1.807) is 7.11 Å². The molecule has 0 aliphatic rings. The van der Waals surface area contributed by atoms with Crippen molar-refractivity contribution in [3.05, 3.63) is 59.2 Å². The molecule has 0 radical (unpaired) electrons. The van der Waals surface area contributed by atoms with Crippen molar-refractivity contribution in [3.8, 4) is 5.75 Å². The number of benzene rings is 2. The minimum atomic E-state index is 0.108. The van der Waals surface area contributed by atoms with Gasteiger partial charge in [-0.15, -0.1) is 0 Å². The van der Waals surface area contributed by atoms with Gasteiger partial charge in [0.2, 0.25) is 0 Å². The number of thiocarbonyl (C=S) groups is 1. The Morgan fingerprint density at radius 2 is 1.71 bits per heavy atom. The van der Waals surface area contributed by atoms with E-state index in [1.165, 1.54) is 16.7 Å².